The number of hydrogen-bond acceptors (Lipinski definition) is 4. The van der Waals surface area contributed by atoms with Crippen LogP contribution >= 0.6 is 0 Å². The zero-order valence-corrected chi connectivity index (χ0v) is 16.2. The van der Waals surface area contributed by atoms with Gasteiger partial charge < -0.3 is 14.1 Å². The van der Waals surface area contributed by atoms with Gasteiger partial charge in [-0.2, -0.15) is 0 Å². The van der Waals surface area contributed by atoms with E-state index in [2.05, 4.69) is 53.2 Å². The number of nitrogens with zero attached hydrogens (tertiary/aromatic N) is 2. The molecule has 0 radical (unpaired) electrons. The second kappa shape index (κ2) is 9.91. The molecule has 0 saturated carbocycles. The maximum atomic E-state index is 5.94. The number of ether oxygens (including phenoxy) is 1. The largest absolute Gasteiger partial charge is 0.462 e. The van der Waals surface area contributed by atoms with Crippen molar-refractivity contribution in [1.29, 1.82) is 0 Å². The van der Waals surface area contributed by atoms with Gasteiger partial charge in [-0.1, -0.05) is 30.3 Å². The Balaban J connectivity index is 1.59. The van der Waals surface area contributed by atoms with Gasteiger partial charge in [-0.15, -0.1) is 0 Å². The predicted molar refractivity (Wildman–Crippen MR) is 105 cm³/mol. The molecule has 1 aromatic carbocycles. The van der Waals surface area contributed by atoms with Crippen LogP contribution in [0.1, 0.15) is 29.9 Å². The van der Waals surface area contributed by atoms with Crippen LogP contribution in [0.4, 0.5) is 0 Å². The minimum atomic E-state index is 0.541. The van der Waals surface area contributed by atoms with Gasteiger partial charge in [0.25, 0.3) is 0 Å². The Labute approximate surface area is 157 Å². The summed E-state index contributed by atoms with van der Waals surface area (Å²) in [4.78, 5) is 5.01. The lowest BCUT2D eigenvalue weighted by atomic mass is 9.96. The van der Waals surface area contributed by atoms with E-state index in [4.69, 9.17) is 9.15 Å². The van der Waals surface area contributed by atoms with E-state index in [1.165, 1.54) is 31.5 Å². The Morgan fingerprint density at radius 2 is 1.81 bits per heavy atom. The molecule has 2 aromatic rings. The number of likely N-dealkylation sites (tertiary alicyclic amines) is 1. The summed E-state index contributed by atoms with van der Waals surface area (Å²) >= 11 is 0. The summed E-state index contributed by atoms with van der Waals surface area (Å²) in [5, 5.41) is 0. The fourth-order valence-electron chi connectivity index (χ4n) is 3.72. The van der Waals surface area contributed by atoms with Crippen LogP contribution in [0.25, 0.3) is 0 Å². The van der Waals surface area contributed by atoms with Crippen LogP contribution in [0.15, 0.2) is 46.9 Å². The van der Waals surface area contributed by atoms with Gasteiger partial charge in [0.2, 0.25) is 0 Å². The highest BCUT2D eigenvalue weighted by Crippen LogP contribution is 2.20. The number of benzene rings is 1. The van der Waals surface area contributed by atoms with Gasteiger partial charge in [0.1, 0.15) is 18.1 Å². The predicted octanol–water partition coefficient (Wildman–Crippen LogP) is 3.81. The molecule has 0 atom stereocenters. The molecule has 1 aliphatic rings. The number of furan rings is 1. The van der Waals surface area contributed by atoms with E-state index < -0.39 is 0 Å². The van der Waals surface area contributed by atoms with Crippen LogP contribution in [0, 0.1) is 5.92 Å². The van der Waals surface area contributed by atoms with Crippen LogP contribution in [-0.4, -0.2) is 50.1 Å². The molecule has 4 heteroatoms. The third kappa shape index (κ3) is 5.97. The molecule has 3 rings (SSSR count). The maximum absolute atomic E-state index is 5.94. The Morgan fingerprint density at radius 3 is 2.54 bits per heavy atom. The molecular formula is C22H32N2O2. The molecule has 1 fully saturated rings. The molecule has 1 saturated heterocycles. The fourth-order valence-corrected chi connectivity index (χ4v) is 3.72. The van der Waals surface area contributed by atoms with E-state index in [-0.39, 0.29) is 0 Å². The van der Waals surface area contributed by atoms with Crippen molar-refractivity contribution in [2.24, 2.45) is 5.92 Å². The molecule has 0 unspecified atom stereocenters. The summed E-state index contributed by atoms with van der Waals surface area (Å²) in [6.45, 7) is 6.07. The van der Waals surface area contributed by atoms with Crippen molar-refractivity contribution in [2.45, 2.75) is 32.4 Å². The molecule has 0 spiro atoms. The first-order valence-electron chi connectivity index (χ1n) is 9.74. The summed E-state index contributed by atoms with van der Waals surface area (Å²) < 4.78 is 11.1. The topological polar surface area (TPSA) is 28.9 Å². The molecule has 0 amide bonds. The smallest absolute Gasteiger partial charge is 0.129 e. The number of rotatable bonds is 9. The molecule has 0 N–H and O–H groups in total. The molecule has 26 heavy (non-hydrogen) atoms. The fraction of sp³-hybridized carbons (Fsp3) is 0.545. The quantitative estimate of drug-likeness (QED) is 0.683. The van der Waals surface area contributed by atoms with Gasteiger partial charge in [0, 0.05) is 20.2 Å². The van der Waals surface area contributed by atoms with E-state index in [9.17, 15) is 0 Å². The highest BCUT2D eigenvalue weighted by atomic mass is 16.5. The maximum Gasteiger partial charge on any atom is 0.129 e. The number of methoxy groups -OCH3 is 1. The first kappa shape index (κ1) is 19.2. The van der Waals surface area contributed by atoms with Crippen molar-refractivity contribution >= 4 is 0 Å². The van der Waals surface area contributed by atoms with E-state index >= 15 is 0 Å². The van der Waals surface area contributed by atoms with Crippen molar-refractivity contribution < 1.29 is 9.15 Å². The standard InChI is InChI=1S/C22H32N2O2/c1-23-13-10-20(11-14-23)16-24(15-12-19-6-4-3-5-7-19)17-21-8-9-22(26-21)18-25-2/h3-9,20H,10-18H2,1-2H3. The third-order valence-corrected chi connectivity index (χ3v) is 5.30. The molecule has 0 aliphatic carbocycles. The van der Waals surface area contributed by atoms with Crippen molar-refractivity contribution in [3.8, 4) is 0 Å². The van der Waals surface area contributed by atoms with Crippen LogP contribution in [0.5, 0.6) is 0 Å². The average Bonchev–Trinajstić information content (AvgIpc) is 3.10. The molecular weight excluding hydrogens is 324 g/mol. The van der Waals surface area contributed by atoms with Crippen LogP contribution in [0.2, 0.25) is 0 Å². The monoisotopic (exact) mass is 356 g/mol. The highest BCUT2D eigenvalue weighted by Gasteiger charge is 2.20. The number of hydrogen-bond donors (Lipinski definition) is 0. The molecule has 2 heterocycles. The van der Waals surface area contributed by atoms with Gasteiger partial charge >= 0.3 is 0 Å². The van der Waals surface area contributed by atoms with Crippen LogP contribution in [-0.2, 0) is 24.3 Å². The highest BCUT2D eigenvalue weighted by molar-refractivity contribution is 5.15. The molecule has 4 nitrogen and oxygen atoms in total. The summed E-state index contributed by atoms with van der Waals surface area (Å²) in [6, 6.07) is 14.9. The lowest BCUT2D eigenvalue weighted by Crippen LogP contribution is -2.37. The first-order valence-corrected chi connectivity index (χ1v) is 9.74. The average molecular weight is 357 g/mol. The minimum absolute atomic E-state index is 0.541. The van der Waals surface area contributed by atoms with Crippen molar-refractivity contribution in [2.75, 3.05) is 40.3 Å². The Hall–Kier alpha value is -1.62. The van der Waals surface area contributed by atoms with Crippen molar-refractivity contribution in [1.82, 2.24) is 9.80 Å². The van der Waals surface area contributed by atoms with E-state index in [0.29, 0.717) is 6.61 Å². The zero-order valence-electron chi connectivity index (χ0n) is 16.2. The molecule has 142 valence electrons. The van der Waals surface area contributed by atoms with Crippen LogP contribution in [0.3, 0.4) is 0 Å². The lowest BCUT2D eigenvalue weighted by Gasteiger charge is -2.33. The second-order valence-electron chi connectivity index (χ2n) is 7.52. The van der Waals surface area contributed by atoms with Gasteiger partial charge in [0.05, 0.1) is 6.54 Å². The van der Waals surface area contributed by atoms with Gasteiger partial charge in [-0.3, -0.25) is 4.90 Å². The second-order valence-corrected chi connectivity index (χ2v) is 7.52. The minimum Gasteiger partial charge on any atom is -0.462 e. The Morgan fingerprint density at radius 1 is 1.08 bits per heavy atom. The van der Waals surface area contributed by atoms with Crippen molar-refractivity contribution in [3.63, 3.8) is 0 Å². The van der Waals surface area contributed by atoms with Crippen molar-refractivity contribution in [3.05, 3.63) is 59.5 Å². The van der Waals surface area contributed by atoms with Gasteiger partial charge in [-0.05, 0) is 63.0 Å². The Bertz CT molecular complexity index is 633. The zero-order chi connectivity index (χ0) is 18.2. The van der Waals surface area contributed by atoms with Crippen LogP contribution < -0.4 is 0 Å². The molecule has 0 bridgehead atoms. The number of piperidine rings is 1. The summed E-state index contributed by atoms with van der Waals surface area (Å²) in [7, 11) is 3.93. The Kier molecular flexibility index (Phi) is 7.30. The third-order valence-electron chi connectivity index (χ3n) is 5.30. The first-order chi connectivity index (χ1) is 12.7. The van der Waals surface area contributed by atoms with E-state index in [1.807, 2.05) is 6.07 Å². The summed E-state index contributed by atoms with van der Waals surface area (Å²) in [5.41, 5.74) is 1.40. The van der Waals surface area contributed by atoms with E-state index in [1.54, 1.807) is 7.11 Å². The van der Waals surface area contributed by atoms with Gasteiger partial charge in [0.15, 0.2) is 0 Å². The SMILES string of the molecule is COCc1ccc(CN(CCc2ccccc2)CC2CCN(C)CC2)o1. The summed E-state index contributed by atoms with van der Waals surface area (Å²) in [5.74, 6) is 2.73. The molecule has 1 aromatic heterocycles. The summed E-state index contributed by atoms with van der Waals surface area (Å²) in [6.07, 6.45) is 3.68. The molecule has 1 aliphatic heterocycles. The lowest BCUT2D eigenvalue weighted by molar-refractivity contribution is 0.143. The van der Waals surface area contributed by atoms with E-state index in [0.717, 1.165) is 43.5 Å². The normalized spacial score (nSPS) is 16.4. The van der Waals surface area contributed by atoms with Gasteiger partial charge in [-0.25, -0.2) is 0 Å².